The van der Waals surface area contributed by atoms with E-state index in [2.05, 4.69) is 11.0 Å². The minimum Gasteiger partial charge on any atom is -0.491 e. The molecule has 0 saturated carbocycles. The van der Waals surface area contributed by atoms with Crippen molar-refractivity contribution in [3.05, 3.63) is 29.8 Å². The predicted molar refractivity (Wildman–Crippen MR) is 72.7 cm³/mol. The lowest BCUT2D eigenvalue weighted by molar-refractivity contribution is 0.151. The molecule has 1 heterocycles. The van der Waals surface area contributed by atoms with Gasteiger partial charge in [0.2, 0.25) is 0 Å². The van der Waals surface area contributed by atoms with Crippen LogP contribution < -0.4 is 4.74 Å². The van der Waals surface area contributed by atoms with Crippen molar-refractivity contribution in [1.29, 1.82) is 0 Å². The van der Waals surface area contributed by atoms with Gasteiger partial charge in [-0.3, -0.25) is 4.90 Å². The third-order valence-electron chi connectivity index (χ3n) is 3.42. The van der Waals surface area contributed by atoms with Crippen LogP contribution in [-0.4, -0.2) is 35.3 Å². The molecule has 1 aromatic carbocycles. The zero-order valence-electron chi connectivity index (χ0n) is 11.3. The fraction of sp³-hybridized carbons (Fsp3) is 0.600. The van der Waals surface area contributed by atoms with Crippen LogP contribution in [0.1, 0.15) is 32.3 Å². The monoisotopic (exact) mass is 249 g/mol. The summed E-state index contributed by atoms with van der Waals surface area (Å²) in [6.07, 6.45) is 2.47. The number of likely N-dealkylation sites (tertiary alicyclic amines) is 1. The number of hydrogen-bond donors (Lipinski definition) is 1. The second kappa shape index (κ2) is 6.21. The molecule has 3 heteroatoms. The van der Waals surface area contributed by atoms with E-state index in [1.54, 1.807) is 0 Å². The average Bonchev–Trinajstić information content (AvgIpc) is 2.78. The lowest BCUT2D eigenvalue weighted by Gasteiger charge is -2.24. The van der Waals surface area contributed by atoms with Crippen LogP contribution in [0.3, 0.4) is 0 Å². The summed E-state index contributed by atoms with van der Waals surface area (Å²) in [4.78, 5) is 2.35. The normalized spacial score (nSPS) is 20.6. The highest BCUT2D eigenvalue weighted by Gasteiger charge is 2.24. The van der Waals surface area contributed by atoms with E-state index in [0.29, 0.717) is 6.04 Å². The van der Waals surface area contributed by atoms with Gasteiger partial charge in [-0.2, -0.15) is 0 Å². The van der Waals surface area contributed by atoms with E-state index < -0.39 is 0 Å². The summed E-state index contributed by atoms with van der Waals surface area (Å²) >= 11 is 0. The molecule has 100 valence electrons. The van der Waals surface area contributed by atoms with Gasteiger partial charge in [-0.15, -0.1) is 0 Å². The lowest BCUT2D eigenvalue weighted by atomic mass is 10.1. The Morgan fingerprint density at radius 2 is 2.17 bits per heavy atom. The minimum absolute atomic E-state index is 0.193. The highest BCUT2D eigenvalue weighted by Crippen LogP contribution is 2.25. The lowest BCUT2D eigenvalue weighted by Crippen LogP contribution is -2.31. The maximum Gasteiger partial charge on any atom is 0.124 e. The minimum atomic E-state index is 0.193. The van der Waals surface area contributed by atoms with E-state index in [-0.39, 0.29) is 12.7 Å². The van der Waals surface area contributed by atoms with Gasteiger partial charge >= 0.3 is 0 Å². The van der Waals surface area contributed by atoms with Crippen molar-refractivity contribution in [2.45, 2.75) is 45.4 Å². The summed E-state index contributed by atoms with van der Waals surface area (Å²) in [5.74, 6) is 0.969. The van der Waals surface area contributed by atoms with Gasteiger partial charge in [0.25, 0.3) is 0 Å². The van der Waals surface area contributed by atoms with Crippen molar-refractivity contribution in [3.63, 3.8) is 0 Å². The molecule has 0 amide bonds. The van der Waals surface area contributed by atoms with Crippen LogP contribution in [0.5, 0.6) is 5.75 Å². The Labute approximate surface area is 109 Å². The largest absolute Gasteiger partial charge is 0.491 e. The molecule has 1 atom stereocenters. The molecule has 1 aromatic rings. The smallest absolute Gasteiger partial charge is 0.124 e. The van der Waals surface area contributed by atoms with Gasteiger partial charge < -0.3 is 9.84 Å². The molecule has 1 saturated heterocycles. The fourth-order valence-corrected chi connectivity index (χ4v) is 2.53. The van der Waals surface area contributed by atoms with Gasteiger partial charge in [0.05, 0.1) is 12.7 Å². The first kappa shape index (κ1) is 13.4. The Kier molecular flexibility index (Phi) is 4.61. The van der Waals surface area contributed by atoms with Crippen LogP contribution in [0.2, 0.25) is 0 Å². The Bertz CT molecular complexity index is 379. The van der Waals surface area contributed by atoms with Crippen molar-refractivity contribution in [1.82, 2.24) is 4.90 Å². The summed E-state index contributed by atoms with van der Waals surface area (Å²) < 4.78 is 5.84. The van der Waals surface area contributed by atoms with Gasteiger partial charge in [0.15, 0.2) is 0 Å². The summed E-state index contributed by atoms with van der Waals surface area (Å²) in [5.41, 5.74) is 1.21. The third-order valence-corrected chi connectivity index (χ3v) is 3.42. The van der Waals surface area contributed by atoms with E-state index in [0.717, 1.165) is 25.3 Å². The van der Waals surface area contributed by atoms with E-state index in [9.17, 15) is 5.11 Å². The molecular weight excluding hydrogens is 226 g/mol. The zero-order valence-corrected chi connectivity index (χ0v) is 11.3. The first-order valence-electron chi connectivity index (χ1n) is 6.80. The highest BCUT2D eigenvalue weighted by atomic mass is 16.5. The molecule has 1 N–H and O–H groups in total. The number of nitrogens with zero attached hydrogens (tertiary/aromatic N) is 1. The number of rotatable bonds is 5. The van der Waals surface area contributed by atoms with Crippen LogP contribution in [0, 0.1) is 0 Å². The first-order chi connectivity index (χ1) is 8.70. The zero-order chi connectivity index (χ0) is 13.0. The molecule has 1 aliphatic rings. The summed E-state index contributed by atoms with van der Waals surface area (Å²) in [6, 6.07) is 8.52. The van der Waals surface area contributed by atoms with E-state index in [1.807, 2.05) is 32.0 Å². The third kappa shape index (κ3) is 3.24. The van der Waals surface area contributed by atoms with Crippen LogP contribution in [-0.2, 0) is 6.54 Å². The maximum atomic E-state index is 9.36. The Morgan fingerprint density at radius 3 is 2.89 bits per heavy atom. The molecule has 1 fully saturated rings. The molecule has 1 aliphatic heterocycles. The van der Waals surface area contributed by atoms with Crippen molar-refractivity contribution in [3.8, 4) is 5.75 Å². The van der Waals surface area contributed by atoms with Crippen LogP contribution in [0.4, 0.5) is 0 Å². The standard InChI is InChI=1S/C15H23NO2/c1-12(2)18-15-8-4-3-6-13(15)10-16-9-5-7-14(16)11-17/h3-4,6,8,12,14,17H,5,7,9-11H2,1-2H3/t14-/m1/s1. The van der Waals surface area contributed by atoms with Crippen LogP contribution in [0.25, 0.3) is 0 Å². The fourth-order valence-electron chi connectivity index (χ4n) is 2.53. The van der Waals surface area contributed by atoms with Gasteiger partial charge in [-0.25, -0.2) is 0 Å². The highest BCUT2D eigenvalue weighted by molar-refractivity contribution is 5.33. The quantitative estimate of drug-likeness (QED) is 0.870. The van der Waals surface area contributed by atoms with Crippen molar-refractivity contribution in [2.75, 3.05) is 13.2 Å². The van der Waals surface area contributed by atoms with Crippen molar-refractivity contribution < 1.29 is 9.84 Å². The molecule has 0 aliphatic carbocycles. The van der Waals surface area contributed by atoms with Crippen LogP contribution >= 0.6 is 0 Å². The summed E-state index contributed by atoms with van der Waals surface area (Å²) in [5, 5.41) is 9.36. The second-order valence-corrected chi connectivity index (χ2v) is 5.22. The predicted octanol–water partition coefficient (Wildman–Crippen LogP) is 2.43. The number of para-hydroxylation sites is 1. The Hall–Kier alpha value is -1.06. The SMILES string of the molecule is CC(C)Oc1ccccc1CN1CCC[C@@H]1CO. The van der Waals surface area contributed by atoms with Crippen molar-refractivity contribution in [2.24, 2.45) is 0 Å². The molecule has 3 nitrogen and oxygen atoms in total. The number of ether oxygens (including phenoxy) is 1. The van der Waals surface area contributed by atoms with Crippen LogP contribution in [0.15, 0.2) is 24.3 Å². The Balaban J connectivity index is 2.08. The second-order valence-electron chi connectivity index (χ2n) is 5.22. The van der Waals surface area contributed by atoms with E-state index in [1.165, 1.54) is 12.0 Å². The molecule has 0 spiro atoms. The van der Waals surface area contributed by atoms with E-state index in [4.69, 9.17) is 4.74 Å². The molecule has 18 heavy (non-hydrogen) atoms. The number of aliphatic hydroxyl groups excluding tert-OH is 1. The van der Waals surface area contributed by atoms with Crippen molar-refractivity contribution >= 4 is 0 Å². The average molecular weight is 249 g/mol. The van der Waals surface area contributed by atoms with Gasteiger partial charge in [0.1, 0.15) is 5.75 Å². The first-order valence-corrected chi connectivity index (χ1v) is 6.80. The number of aliphatic hydroxyl groups is 1. The topological polar surface area (TPSA) is 32.7 Å². The molecule has 0 radical (unpaired) electrons. The molecular formula is C15H23NO2. The number of hydrogen-bond acceptors (Lipinski definition) is 3. The number of benzene rings is 1. The summed E-state index contributed by atoms with van der Waals surface area (Å²) in [7, 11) is 0. The molecule has 0 unspecified atom stereocenters. The van der Waals surface area contributed by atoms with E-state index >= 15 is 0 Å². The summed E-state index contributed by atoms with van der Waals surface area (Å²) in [6.45, 7) is 6.29. The Morgan fingerprint density at radius 1 is 1.39 bits per heavy atom. The maximum absolute atomic E-state index is 9.36. The van der Waals surface area contributed by atoms with Gasteiger partial charge in [0, 0.05) is 18.2 Å². The van der Waals surface area contributed by atoms with Gasteiger partial charge in [-0.05, 0) is 39.3 Å². The molecule has 0 aromatic heterocycles. The van der Waals surface area contributed by atoms with Gasteiger partial charge in [-0.1, -0.05) is 18.2 Å². The molecule has 2 rings (SSSR count). The molecule has 0 bridgehead atoms.